The zero-order valence-corrected chi connectivity index (χ0v) is 7.98. The predicted molar refractivity (Wildman–Crippen MR) is 48.9 cm³/mol. The van der Waals surface area contributed by atoms with Crippen LogP contribution < -0.4 is 0 Å². The Kier molecular flexibility index (Phi) is 2.31. The maximum Gasteiger partial charge on any atom is 0.407 e. The van der Waals surface area contributed by atoms with Crippen LogP contribution in [0.3, 0.4) is 0 Å². The van der Waals surface area contributed by atoms with Gasteiger partial charge in [-0.2, -0.15) is 0 Å². The number of carbonyl (C=O) groups is 2. The molecule has 0 aliphatic carbocycles. The molecule has 2 fully saturated rings. The van der Waals surface area contributed by atoms with Crippen molar-refractivity contribution in [2.24, 2.45) is 0 Å². The zero-order chi connectivity index (χ0) is 10.1. The Morgan fingerprint density at radius 1 is 1.43 bits per heavy atom. The van der Waals surface area contributed by atoms with E-state index < -0.39 is 6.09 Å². The molecule has 0 radical (unpaired) electrons. The number of carboxylic acid groups (broad SMARTS) is 1. The van der Waals surface area contributed by atoms with E-state index in [2.05, 4.69) is 0 Å². The second-order valence-electron chi connectivity index (χ2n) is 3.86. The molecule has 1 unspecified atom stereocenters. The molecule has 78 valence electrons. The molecule has 0 bridgehead atoms. The molecule has 2 amide bonds. The first-order chi connectivity index (χ1) is 6.68. The molecule has 0 saturated carbocycles. The monoisotopic (exact) mass is 198 g/mol. The van der Waals surface area contributed by atoms with Gasteiger partial charge < -0.3 is 14.9 Å². The van der Waals surface area contributed by atoms with Crippen molar-refractivity contribution < 1.29 is 14.7 Å². The van der Waals surface area contributed by atoms with E-state index in [1.54, 1.807) is 0 Å². The van der Waals surface area contributed by atoms with E-state index in [4.69, 9.17) is 5.11 Å². The van der Waals surface area contributed by atoms with E-state index in [-0.39, 0.29) is 11.9 Å². The molecule has 0 spiro atoms. The highest BCUT2D eigenvalue weighted by molar-refractivity contribution is 5.77. The molecule has 2 saturated heterocycles. The molecule has 5 nitrogen and oxygen atoms in total. The van der Waals surface area contributed by atoms with E-state index >= 15 is 0 Å². The first-order valence-corrected chi connectivity index (χ1v) is 4.96. The molecule has 0 aromatic rings. The van der Waals surface area contributed by atoms with Gasteiger partial charge in [-0.05, 0) is 12.8 Å². The molecular weight excluding hydrogens is 184 g/mol. The van der Waals surface area contributed by atoms with E-state index in [1.807, 2.05) is 4.90 Å². The van der Waals surface area contributed by atoms with E-state index in [1.165, 1.54) is 4.90 Å². The average molecular weight is 198 g/mol. The van der Waals surface area contributed by atoms with Crippen molar-refractivity contribution in [1.82, 2.24) is 9.80 Å². The van der Waals surface area contributed by atoms with Crippen LogP contribution in [0.4, 0.5) is 4.79 Å². The lowest BCUT2D eigenvalue weighted by atomic mass is 9.99. The second-order valence-corrected chi connectivity index (χ2v) is 3.86. The second kappa shape index (κ2) is 3.48. The molecule has 0 aromatic carbocycles. The standard InChI is InChI=1S/C9H14N2O3/c12-8-3-1-2-7-6-10(9(13)14)4-5-11(7)8/h7H,1-6H2,(H,13,14). The Labute approximate surface area is 82.3 Å². The summed E-state index contributed by atoms with van der Waals surface area (Å²) in [6.45, 7) is 1.51. The normalized spacial score (nSPS) is 27.4. The lowest BCUT2D eigenvalue weighted by Crippen LogP contribution is -2.57. The zero-order valence-electron chi connectivity index (χ0n) is 7.98. The maximum absolute atomic E-state index is 11.5. The number of carbonyl (C=O) groups excluding carboxylic acids is 1. The maximum atomic E-state index is 11.5. The van der Waals surface area contributed by atoms with Crippen LogP contribution in [0.2, 0.25) is 0 Å². The molecule has 2 rings (SSSR count). The van der Waals surface area contributed by atoms with Crippen molar-refractivity contribution in [1.29, 1.82) is 0 Å². The van der Waals surface area contributed by atoms with Gasteiger partial charge in [-0.15, -0.1) is 0 Å². The number of fused-ring (bicyclic) bond motifs is 1. The molecule has 14 heavy (non-hydrogen) atoms. The summed E-state index contributed by atoms with van der Waals surface area (Å²) in [5, 5.41) is 8.82. The Bertz CT molecular complexity index is 267. The average Bonchev–Trinajstić information content (AvgIpc) is 2.17. The molecule has 2 heterocycles. The topological polar surface area (TPSA) is 60.9 Å². The van der Waals surface area contributed by atoms with Crippen molar-refractivity contribution in [3.63, 3.8) is 0 Å². The first kappa shape index (κ1) is 9.30. The van der Waals surface area contributed by atoms with Gasteiger partial charge in [0.1, 0.15) is 0 Å². The van der Waals surface area contributed by atoms with Crippen LogP contribution in [0.15, 0.2) is 0 Å². The van der Waals surface area contributed by atoms with Gasteiger partial charge in [0, 0.05) is 32.1 Å². The third kappa shape index (κ3) is 1.54. The van der Waals surface area contributed by atoms with Gasteiger partial charge in [0.15, 0.2) is 0 Å². The number of amides is 2. The number of piperazine rings is 1. The Morgan fingerprint density at radius 2 is 2.21 bits per heavy atom. The van der Waals surface area contributed by atoms with Crippen LogP contribution in [0.25, 0.3) is 0 Å². The highest BCUT2D eigenvalue weighted by Gasteiger charge is 2.34. The SMILES string of the molecule is O=C(O)N1CCN2C(=O)CCCC2C1. The minimum Gasteiger partial charge on any atom is -0.465 e. The van der Waals surface area contributed by atoms with Crippen LogP contribution in [0, 0.1) is 0 Å². The van der Waals surface area contributed by atoms with Crippen LogP contribution in [-0.4, -0.2) is 52.6 Å². The van der Waals surface area contributed by atoms with Gasteiger partial charge in [-0.1, -0.05) is 0 Å². The minimum absolute atomic E-state index is 0.126. The molecular formula is C9H14N2O3. The predicted octanol–water partition coefficient (Wildman–Crippen LogP) is 0.361. The van der Waals surface area contributed by atoms with Crippen molar-refractivity contribution in [2.75, 3.05) is 19.6 Å². The number of rotatable bonds is 0. The van der Waals surface area contributed by atoms with Crippen molar-refractivity contribution in [3.8, 4) is 0 Å². The fraction of sp³-hybridized carbons (Fsp3) is 0.778. The summed E-state index contributed by atoms with van der Waals surface area (Å²) in [6, 6.07) is 0.126. The summed E-state index contributed by atoms with van der Waals surface area (Å²) in [4.78, 5) is 25.4. The third-order valence-electron chi connectivity index (χ3n) is 3.00. The summed E-state index contributed by atoms with van der Waals surface area (Å²) >= 11 is 0. The quantitative estimate of drug-likeness (QED) is 0.611. The van der Waals surface area contributed by atoms with Crippen LogP contribution in [-0.2, 0) is 4.79 Å². The largest absolute Gasteiger partial charge is 0.465 e. The third-order valence-corrected chi connectivity index (χ3v) is 3.00. The first-order valence-electron chi connectivity index (χ1n) is 4.96. The van der Waals surface area contributed by atoms with Crippen LogP contribution in [0.1, 0.15) is 19.3 Å². The van der Waals surface area contributed by atoms with Crippen LogP contribution in [0.5, 0.6) is 0 Å². The molecule has 0 aromatic heterocycles. The van der Waals surface area contributed by atoms with Crippen LogP contribution >= 0.6 is 0 Å². The van der Waals surface area contributed by atoms with Gasteiger partial charge in [-0.25, -0.2) is 4.79 Å². The smallest absolute Gasteiger partial charge is 0.407 e. The molecule has 1 atom stereocenters. The Morgan fingerprint density at radius 3 is 2.93 bits per heavy atom. The summed E-state index contributed by atoms with van der Waals surface area (Å²) in [6.07, 6.45) is 1.59. The highest BCUT2D eigenvalue weighted by atomic mass is 16.4. The van der Waals surface area contributed by atoms with Gasteiger partial charge >= 0.3 is 6.09 Å². The summed E-state index contributed by atoms with van der Waals surface area (Å²) in [5.41, 5.74) is 0. The van der Waals surface area contributed by atoms with Gasteiger partial charge in [0.05, 0.1) is 0 Å². The van der Waals surface area contributed by atoms with E-state index in [0.29, 0.717) is 26.1 Å². The molecule has 1 N–H and O–H groups in total. The van der Waals surface area contributed by atoms with Crippen molar-refractivity contribution in [2.45, 2.75) is 25.3 Å². The minimum atomic E-state index is -0.873. The Balaban J connectivity index is 2.03. The lowest BCUT2D eigenvalue weighted by molar-refractivity contribution is -0.139. The summed E-state index contributed by atoms with van der Waals surface area (Å²) < 4.78 is 0. The lowest BCUT2D eigenvalue weighted by Gasteiger charge is -2.42. The molecule has 2 aliphatic heterocycles. The fourth-order valence-electron chi connectivity index (χ4n) is 2.24. The van der Waals surface area contributed by atoms with Crippen molar-refractivity contribution >= 4 is 12.0 Å². The molecule has 2 aliphatic rings. The van der Waals surface area contributed by atoms with E-state index in [9.17, 15) is 9.59 Å². The van der Waals surface area contributed by atoms with Gasteiger partial charge in [-0.3, -0.25) is 4.79 Å². The molecule has 5 heteroatoms. The number of hydrogen-bond acceptors (Lipinski definition) is 2. The summed E-state index contributed by atoms with van der Waals surface area (Å²) in [7, 11) is 0. The number of hydrogen-bond donors (Lipinski definition) is 1. The number of nitrogens with zero attached hydrogens (tertiary/aromatic N) is 2. The summed E-state index contributed by atoms with van der Waals surface area (Å²) in [5.74, 6) is 0.186. The van der Waals surface area contributed by atoms with Gasteiger partial charge in [0.2, 0.25) is 5.91 Å². The number of piperidine rings is 1. The highest BCUT2D eigenvalue weighted by Crippen LogP contribution is 2.21. The fourth-order valence-corrected chi connectivity index (χ4v) is 2.24. The van der Waals surface area contributed by atoms with E-state index in [0.717, 1.165) is 12.8 Å². The Hall–Kier alpha value is -1.26. The van der Waals surface area contributed by atoms with Gasteiger partial charge in [0.25, 0.3) is 0 Å². The van der Waals surface area contributed by atoms with Crippen molar-refractivity contribution in [3.05, 3.63) is 0 Å².